The average Bonchev–Trinajstić information content (AvgIpc) is 3.34. The van der Waals surface area contributed by atoms with Gasteiger partial charge in [0.15, 0.2) is 0 Å². The molecular formula is C18H27FN2. The van der Waals surface area contributed by atoms with E-state index in [1.54, 1.807) is 6.07 Å². The van der Waals surface area contributed by atoms with Crippen molar-refractivity contribution in [3.05, 3.63) is 29.6 Å². The molecule has 3 heteroatoms. The number of benzene rings is 1. The summed E-state index contributed by atoms with van der Waals surface area (Å²) in [6.45, 7) is 6.00. The normalized spacial score (nSPS) is 18.0. The van der Waals surface area contributed by atoms with Crippen molar-refractivity contribution in [2.75, 3.05) is 24.5 Å². The summed E-state index contributed by atoms with van der Waals surface area (Å²) < 4.78 is 14.5. The topological polar surface area (TPSA) is 15.3 Å². The van der Waals surface area contributed by atoms with E-state index in [9.17, 15) is 4.39 Å². The molecule has 0 heterocycles. The molecule has 0 aromatic heterocycles. The first kappa shape index (κ1) is 14.8. The summed E-state index contributed by atoms with van der Waals surface area (Å²) in [4.78, 5) is 2.34. The van der Waals surface area contributed by atoms with Gasteiger partial charge in [-0.2, -0.15) is 0 Å². The van der Waals surface area contributed by atoms with Gasteiger partial charge in [-0.15, -0.1) is 0 Å². The van der Waals surface area contributed by atoms with Crippen LogP contribution in [0.1, 0.15) is 44.6 Å². The molecule has 0 unspecified atom stereocenters. The highest BCUT2D eigenvalue weighted by Gasteiger charge is 2.31. The van der Waals surface area contributed by atoms with E-state index in [-0.39, 0.29) is 5.82 Å². The van der Waals surface area contributed by atoms with Gasteiger partial charge in [0.1, 0.15) is 5.82 Å². The highest BCUT2D eigenvalue weighted by Crippen LogP contribution is 2.37. The van der Waals surface area contributed by atoms with E-state index in [0.29, 0.717) is 0 Å². The molecule has 0 radical (unpaired) electrons. The molecule has 3 rings (SSSR count). The maximum absolute atomic E-state index is 14.5. The number of nitrogens with one attached hydrogen (secondary N) is 1. The van der Waals surface area contributed by atoms with Gasteiger partial charge in [-0.3, -0.25) is 0 Å². The summed E-state index contributed by atoms with van der Waals surface area (Å²) in [5.74, 6) is 1.53. The van der Waals surface area contributed by atoms with Crippen LogP contribution in [0, 0.1) is 17.7 Å². The molecule has 2 fully saturated rings. The molecular weight excluding hydrogens is 263 g/mol. The lowest BCUT2D eigenvalue weighted by atomic mass is 10.1. The molecule has 0 saturated heterocycles. The molecule has 116 valence electrons. The van der Waals surface area contributed by atoms with Crippen molar-refractivity contribution in [2.24, 2.45) is 11.8 Å². The number of hydrogen-bond donors (Lipinski definition) is 1. The Morgan fingerprint density at radius 1 is 1.14 bits per heavy atom. The number of nitrogens with zero attached hydrogens (tertiary/aromatic N) is 1. The van der Waals surface area contributed by atoms with Crippen LogP contribution in [0.2, 0.25) is 0 Å². The van der Waals surface area contributed by atoms with Gasteiger partial charge >= 0.3 is 0 Å². The molecule has 0 spiro atoms. The van der Waals surface area contributed by atoms with Gasteiger partial charge in [0.05, 0.1) is 5.69 Å². The minimum absolute atomic E-state index is 0.0490. The fourth-order valence-electron chi connectivity index (χ4n) is 2.94. The van der Waals surface area contributed by atoms with Crippen LogP contribution in [-0.4, -0.2) is 19.6 Å². The van der Waals surface area contributed by atoms with Crippen LogP contribution in [-0.2, 0) is 6.54 Å². The van der Waals surface area contributed by atoms with Crippen molar-refractivity contribution in [2.45, 2.75) is 45.6 Å². The van der Waals surface area contributed by atoms with Gasteiger partial charge in [-0.05, 0) is 62.1 Å². The van der Waals surface area contributed by atoms with Crippen LogP contribution >= 0.6 is 0 Å². The zero-order chi connectivity index (χ0) is 14.7. The van der Waals surface area contributed by atoms with Crippen molar-refractivity contribution in [1.82, 2.24) is 5.32 Å². The molecule has 0 amide bonds. The van der Waals surface area contributed by atoms with E-state index in [2.05, 4.69) is 23.2 Å². The predicted octanol–water partition coefficient (Wildman–Crippen LogP) is 3.95. The first-order valence-electron chi connectivity index (χ1n) is 8.51. The Balaban J connectivity index is 1.77. The Labute approximate surface area is 127 Å². The molecule has 0 aliphatic heterocycles. The zero-order valence-electron chi connectivity index (χ0n) is 13.1. The Morgan fingerprint density at radius 2 is 1.81 bits per heavy atom. The molecule has 0 atom stereocenters. The molecule has 21 heavy (non-hydrogen) atoms. The summed E-state index contributed by atoms with van der Waals surface area (Å²) in [7, 11) is 0. The van der Waals surface area contributed by atoms with Crippen molar-refractivity contribution in [1.29, 1.82) is 0 Å². The van der Waals surface area contributed by atoms with Crippen LogP contribution in [0.15, 0.2) is 18.2 Å². The SMILES string of the molecule is CCCNCc1cccc(F)c1N(CC1CC1)CC1CC1. The first-order valence-corrected chi connectivity index (χ1v) is 8.51. The number of rotatable bonds is 9. The second-order valence-electron chi connectivity index (χ2n) is 6.72. The zero-order valence-corrected chi connectivity index (χ0v) is 13.1. The van der Waals surface area contributed by atoms with Gasteiger partial charge in [-0.1, -0.05) is 19.1 Å². The third kappa shape index (κ3) is 4.19. The van der Waals surface area contributed by atoms with Crippen LogP contribution in [0.5, 0.6) is 0 Å². The minimum atomic E-state index is -0.0490. The quantitative estimate of drug-likeness (QED) is 0.693. The molecule has 2 aliphatic carbocycles. The van der Waals surface area contributed by atoms with Crippen molar-refractivity contribution in [3.8, 4) is 0 Å². The Bertz CT molecular complexity index is 452. The van der Waals surface area contributed by atoms with Gasteiger partial charge in [-0.25, -0.2) is 4.39 Å². The number of halogens is 1. The van der Waals surface area contributed by atoms with Crippen LogP contribution in [0.3, 0.4) is 0 Å². The average molecular weight is 290 g/mol. The van der Waals surface area contributed by atoms with Crippen LogP contribution in [0.4, 0.5) is 10.1 Å². The monoisotopic (exact) mass is 290 g/mol. The van der Waals surface area contributed by atoms with E-state index in [1.165, 1.54) is 25.7 Å². The summed E-state index contributed by atoms with van der Waals surface area (Å²) >= 11 is 0. The number of anilines is 1. The third-order valence-corrected chi connectivity index (χ3v) is 4.48. The number of hydrogen-bond acceptors (Lipinski definition) is 2. The predicted molar refractivity (Wildman–Crippen MR) is 86.1 cm³/mol. The Hall–Kier alpha value is -1.09. The number of para-hydroxylation sites is 1. The first-order chi connectivity index (χ1) is 10.3. The van der Waals surface area contributed by atoms with Crippen molar-refractivity contribution >= 4 is 5.69 Å². The smallest absolute Gasteiger partial charge is 0.146 e. The van der Waals surface area contributed by atoms with Crippen LogP contribution in [0.25, 0.3) is 0 Å². The van der Waals surface area contributed by atoms with E-state index < -0.39 is 0 Å². The van der Waals surface area contributed by atoms with E-state index in [1.807, 2.05) is 6.07 Å². The van der Waals surface area contributed by atoms with Gasteiger partial charge < -0.3 is 10.2 Å². The van der Waals surface area contributed by atoms with Crippen molar-refractivity contribution in [3.63, 3.8) is 0 Å². The Kier molecular flexibility index (Phi) is 4.79. The standard InChI is InChI=1S/C18H27FN2/c1-2-10-20-11-16-4-3-5-17(19)18(16)21(12-14-6-7-14)13-15-8-9-15/h3-5,14-15,20H,2,6-13H2,1H3. The van der Waals surface area contributed by atoms with E-state index in [0.717, 1.165) is 55.7 Å². The molecule has 2 aliphatic rings. The molecule has 1 aromatic carbocycles. The summed E-state index contributed by atoms with van der Waals surface area (Å²) in [6.07, 6.45) is 6.38. The third-order valence-electron chi connectivity index (χ3n) is 4.48. The van der Waals surface area contributed by atoms with Crippen LogP contribution < -0.4 is 10.2 Å². The summed E-state index contributed by atoms with van der Waals surface area (Å²) in [5, 5.41) is 3.42. The van der Waals surface area contributed by atoms with E-state index >= 15 is 0 Å². The summed E-state index contributed by atoms with van der Waals surface area (Å²) in [5.41, 5.74) is 1.98. The van der Waals surface area contributed by atoms with Gasteiger partial charge in [0, 0.05) is 19.6 Å². The molecule has 1 aromatic rings. The Morgan fingerprint density at radius 3 is 2.38 bits per heavy atom. The lowest BCUT2D eigenvalue weighted by Gasteiger charge is -2.28. The van der Waals surface area contributed by atoms with E-state index in [4.69, 9.17) is 0 Å². The van der Waals surface area contributed by atoms with Gasteiger partial charge in [0.25, 0.3) is 0 Å². The molecule has 2 nitrogen and oxygen atoms in total. The molecule has 2 saturated carbocycles. The largest absolute Gasteiger partial charge is 0.368 e. The highest BCUT2D eigenvalue weighted by atomic mass is 19.1. The highest BCUT2D eigenvalue weighted by molar-refractivity contribution is 5.55. The maximum Gasteiger partial charge on any atom is 0.146 e. The maximum atomic E-state index is 14.5. The lowest BCUT2D eigenvalue weighted by molar-refractivity contribution is 0.593. The van der Waals surface area contributed by atoms with Gasteiger partial charge in [0.2, 0.25) is 0 Å². The van der Waals surface area contributed by atoms with Crippen molar-refractivity contribution < 1.29 is 4.39 Å². The summed E-state index contributed by atoms with van der Waals surface area (Å²) in [6, 6.07) is 5.54. The second kappa shape index (κ2) is 6.78. The fourth-order valence-corrected chi connectivity index (χ4v) is 2.94. The lowest BCUT2D eigenvalue weighted by Crippen LogP contribution is -2.30. The molecule has 1 N–H and O–H groups in total. The second-order valence-corrected chi connectivity index (χ2v) is 6.72. The fraction of sp³-hybridized carbons (Fsp3) is 0.667. The minimum Gasteiger partial charge on any atom is -0.368 e. The molecule has 0 bridgehead atoms.